The van der Waals surface area contributed by atoms with Crippen molar-refractivity contribution in [2.24, 2.45) is 0 Å². The molecule has 1 heterocycles. The maximum absolute atomic E-state index is 11.1. The van der Waals surface area contributed by atoms with Gasteiger partial charge < -0.3 is 10.1 Å². The van der Waals surface area contributed by atoms with E-state index in [9.17, 15) is 4.79 Å². The third kappa shape index (κ3) is 4.46. The first-order chi connectivity index (χ1) is 9.17. The summed E-state index contributed by atoms with van der Waals surface area (Å²) in [5.74, 6) is -0.208. The van der Waals surface area contributed by atoms with Crippen LogP contribution in [0.1, 0.15) is 12.1 Å². The molecule has 0 aliphatic carbocycles. The van der Waals surface area contributed by atoms with Crippen LogP contribution in [0.3, 0.4) is 0 Å². The summed E-state index contributed by atoms with van der Waals surface area (Å²) in [6, 6.07) is 8.08. The van der Waals surface area contributed by atoms with E-state index >= 15 is 0 Å². The largest absolute Gasteiger partial charge is 0.469 e. The normalized spacial score (nSPS) is 10.2. The number of thiazole rings is 1. The Morgan fingerprint density at radius 1 is 1.53 bits per heavy atom. The van der Waals surface area contributed by atoms with Crippen molar-refractivity contribution in [2.45, 2.75) is 12.8 Å². The lowest BCUT2D eigenvalue weighted by molar-refractivity contribution is -0.140. The summed E-state index contributed by atoms with van der Waals surface area (Å²) in [5.41, 5.74) is 1.92. The third-order valence-corrected chi connectivity index (χ3v) is 3.92. The summed E-state index contributed by atoms with van der Waals surface area (Å²) in [6.45, 7) is 0. The molecule has 1 N–H and O–H groups in total. The van der Waals surface area contributed by atoms with Crippen molar-refractivity contribution in [1.29, 1.82) is 0 Å². The highest BCUT2D eigenvalue weighted by Gasteiger charge is 2.06. The van der Waals surface area contributed by atoms with Crippen LogP contribution in [0.2, 0.25) is 0 Å². The Hall–Kier alpha value is -1.15. The van der Waals surface area contributed by atoms with Crippen LogP contribution in [0.25, 0.3) is 0 Å². The van der Waals surface area contributed by atoms with Crippen molar-refractivity contribution >= 4 is 50.7 Å². The molecule has 1 aromatic carbocycles. The smallest absolute Gasteiger partial charge is 0.305 e. The van der Waals surface area contributed by atoms with E-state index < -0.39 is 0 Å². The fraction of sp³-hybridized carbons (Fsp3) is 0.231. The van der Waals surface area contributed by atoms with Crippen LogP contribution in [0, 0.1) is 3.57 Å². The Balaban J connectivity index is 1.95. The molecule has 0 bridgehead atoms. The summed E-state index contributed by atoms with van der Waals surface area (Å²) in [5, 5.41) is 6.05. The second-order valence-corrected chi connectivity index (χ2v) is 5.96. The highest BCUT2D eigenvalue weighted by molar-refractivity contribution is 14.1. The SMILES string of the molecule is COC(=O)CCc1csc(Nc2cccc(I)c2)n1. The topological polar surface area (TPSA) is 51.2 Å². The van der Waals surface area contributed by atoms with Crippen LogP contribution >= 0.6 is 33.9 Å². The first-order valence-corrected chi connectivity index (χ1v) is 7.67. The number of hydrogen-bond donors (Lipinski definition) is 1. The predicted molar refractivity (Wildman–Crippen MR) is 84.9 cm³/mol. The van der Waals surface area contributed by atoms with Crippen molar-refractivity contribution in [3.8, 4) is 0 Å². The Labute approximate surface area is 129 Å². The first kappa shape index (κ1) is 14.3. The molecular formula is C13H13IN2O2S. The van der Waals surface area contributed by atoms with Crippen LogP contribution < -0.4 is 5.32 Å². The summed E-state index contributed by atoms with van der Waals surface area (Å²) >= 11 is 3.80. The van der Waals surface area contributed by atoms with Gasteiger partial charge in [-0.1, -0.05) is 6.07 Å². The van der Waals surface area contributed by atoms with E-state index in [4.69, 9.17) is 0 Å². The zero-order valence-electron chi connectivity index (χ0n) is 10.4. The predicted octanol–water partition coefficient (Wildman–Crippen LogP) is 3.60. The molecule has 6 heteroatoms. The number of methoxy groups -OCH3 is 1. The zero-order chi connectivity index (χ0) is 13.7. The monoisotopic (exact) mass is 388 g/mol. The molecule has 0 saturated carbocycles. The van der Waals surface area contributed by atoms with Crippen LogP contribution in [0.5, 0.6) is 0 Å². The van der Waals surface area contributed by atoms with Crippen LogP contribution in [-0.4, -0.2) is 18.1 Å². The van der Waals surface area contributed by atoms with Crippen LogP contribution in [-0.2, 0) is 16.0 Å². The van der Waals surface area contributed by atoms with Gasteiger partial charge in [-0.25, -0.2) is 4.98 Å². The number of nitrogens with one attached hydrogen (secondary N) is 1. The average molecular weight is 388 g/mol. The van der Waals surface area contributed by atoms with E-state index in [1.807, 2.05) is 23.6 Å². The van der Waals surface area contributed by atoms with Gasteiger partial charge in [0.1, 0.15) is 0 Å². The number of hydrogen-bond acceptors (Lipinski definition) is 5. The zero-order valence-corrected chi connectivity index (χ0v) is 13.3. The molecule has 1 aromatic heterocycles. The maximum atomic E-state index is 11.1. The van der Waals surface area contributed by atoms with Crippen molar-refractivity contribution < 1.29 is 9.53 Å². The number of rotatable bonds is 5. The van der Waals surface area contributed by atoms with E-state index in [-0.39, 0.29) is 5.97 Å². The lowest BCUT2D eigenvalue weighted by atomic mass is 10.2. The molecule has 2 aromatic rings. The molecular weight excluding hydrogens is 375 g/mol. The number of carbonyl (C=O) groups is 1. The molecule has 4 nitrogen and oxygen atoms in total. The third-order valence-electron chi connectivity index (χ3n) is 2.44. The van der Waals surface area contributed by atoms with Gasteiger partial charge in [0.05, 0.1) is 19.2 Å². The molecule has 0 aliphatic rings. The van der Waals surface area contributed by atoms with E-state index in [1.54, 1.807) is 0 Å². The van der Waals surface area contributed by atoms with Gasteiger partial charge in [-0.2, -0.15) is 0 Å². The van der Waals surface area contributed by atoms with Crippen molar-refractivity contribution in [1.82, 2.24) is 4.98 Å². The first-order valence-electron chi connectivity index (χ1n) is 5.71. The summed E-state index contributed by atoms with van der Waals surface area (Å²) in [6.07, 6.45) is 0.972. The quantitative estimate of drug-likeness (QED) is 0.628. The van der Waals surface area contributed by atoms with Crippen molar-refractivity contribution in [3.63, 3.8) is 0 Å². The molecule has 0 atom stereocenters. The lowest BCUT2D eigenvalue weighted by Crippen LogP contribution is -2.02. The highest BCUT2D eigenvalue weighted by Crippen LogP contribution is 2.22. The molecule has 0 amide bonds. The molecule has 0 spiro atoms. The minimum atomic E-state index is -0.208. The molecule has 0 fully saturated rings. The highest BCUT2D eigenvalue weighted by atomic mass is 127. The van der Waals surface area contributed by atoms with E-state index in [0.717, 1.165) is 16.5 Å². The van der Waals surface area contributed by atoms with E-state index in [1.165, 1.54) is 22.0 Å². The Bertz CT molecular complexity index is 571. The number of aryl methyl sites for hydroxylation is 1. The van der Waals surface area contributed by atoms with Gasteiger partial charge >= 0.3 is 5.97 Å². The summed E-state index contributed by atoms with van der Waals surface area (Å²) < 4.78 is 5.78. The average Bonchev–Trinajstić information content (AvgIpc) is 2.83. The molecule has 0 unspecified atom stereocenters. The number of esters is 1. The molecule has 0 saturated heterocycles. The number of benzene rings is 1. The fourth-order valence-electron chi connectivity index (χ4n) is 1.50. The number of nitrogens with zero attached hydrogens (tertiary/aromatic N) is 1. The van der Waals surface area contributed by atoms with Gasteiger partial charge in [-0.15, -0.1) is 11.3 Å². The summed E-state index contributed by atoms with van der Waals surface area (Å²) in [4.78, 5) is 15.5. The fourth-order valence-corrected chi connectivity index (χ4v) is 2.81. The minimum Gasteiger partial charge on any atom is -0.469 e. The molecule has 0 radical (unpaired) electrons. The van der Waals surface area contributed by atoms with Gasteiger partial charge in [0, 0.05) is 21.1 Å². The van der Waals surface area contributed by atoms with Crippen molar-refractivity contribution in [3.05, 3.63) is 38.9 Å². The molecule has 100 valence electrons. The lowest BCUT2D eigenvalue weighted by Gasteiger charge is -2.02. The number of halogens is 1. The summed E-state index contributed by atoms with van der Waals surface area (Å²) in [7, 11) is 1.40. The van der Waals surface area contributed by atoms with Gasteiger partial charge in [0.2, 0.25) is 0 Å². The Morgan fingerprint density at radius 2 is 2.37 bits per heavy atom. The maximum Gasteiger partial charge on any atom is 0.305 e. The van der Waals surface area contributed by atoms with E-state index in [2.05, 4.69) is 43.7 Å². The standard InChI is InChI=1S/C13H13IN2O2S/c1-18-12(17)6-5-11-8-19-13(16-11)15-10-4-2-3-9(14)7-10/h2-4,7-8H,5-6H2,1H3,(H,15,16). The number of anilines is 2. The van der Waals surface area contributed by atoms with Crippen molar-refractivity contribution in [2.75, 3.05) is 12.4 Å². The number of ether oxygens (including phenoxy) is 1. The number of aromatic nitrogens is 1. The van der Waals surface area contributed by atoms with Crippen LogP contribution in [0.15, 0.2) is 29.6 Å². The minimum absolute atomic E-state index is 0.208. The molecule has 19 heavy (non-hydrogen) atoms. The van der Waals surface area contributed by atoms with Crippen LogP contribution in [0.4, 0.5) is 10.8 Å². The second-order valence-electron chi connectivity index (χ2n) is 3.86. The molecule has 0 aliphatic heterocycles. The van der Waals surface area contributed by atoms with Gasteiger partial charge in [0.15, 0.2) is 5.13 Å². The molecule has 2 rings (SSSR count). The van der Waals surface area contributed by atoms with Gasteiger partial charge in [-0.3, -0.25) is 4.79 Å². The number of carbonyl (C=O) groups excluding carboxylic acids is 1. The van der Waals surface area contributed by atoms with E-state index in [0.29, 0.717) is 12.8 Å². The Morgan fingerprint density at radius 3 is 3.11 bits per heavy atom. The van der Waals surface area contributed by atoms with Gasteiger partial charge in [-0.05, 0) is 40.8 Å². The second kappa shape index (κ2) is 6.85. The van der Waals surface area contributed by atoms with Gasteiger partial charge in [0.25, 0.3) is 0 Å². The Kier molecular flexibility index (Phi) is 5.15.